The minimum atomic E-state index is -0.720. The smallest absolute Gasteiger partial charge is 0.363 e. The van der Waals surface area contributed by atoms with Crippen LogP contribution in [0.3, 0.4) is 0 Å². The number of nitrogens with zero attached hydrogens (tertiary/aromatic N) is 3. The molecule has 0 aliphatic carbocycles. The highest BCUT2D eigenvalue weighted by atomic mass is 16.6. The summed E-state index contributed by atoms with van der Waals surface area (Å²) in [4.78, 5) is 20.8. The minimum Gasteiger partial charge on any atom is -0.464 e. The molecule has 0 amide bonds. The monoisotopic (exact) mass is 341 g/mol. The largest absolute Gasteiger partial charge is 0.464 e. The van der Waals surface area contributed by atoms with Gasteiger partial charge in [0.25, 0.3) is 6.23 Å². The van der Waals surface area contributed by atoms with Gasteiger partial charge in [-0.25, -0.2) is 4.79 Å². The van der Waals surface area contributed by atoms with Crippen molar-refractivity contribution in [1.29, 1.82) is 0 Å². The number of piperazine rings is 1. The van der Waals surface area contributed by atoms with E-state index in [0.717, 1.165) is 31.9 Å². The van der Waals surface area contributed by atoms with Crippen molar-refractivity contribution in [2.24, 2.45) is 0 Å². The Balaban J connectivity index is 1.66. The molecule has 0 bridgehead atoms. The van der Waals surface area contributed by atoms with E-state index in [9.17, 15) is 4.79 Å². The van der Waals surface area contributed by atoms with Gasteiger partial charge in [0.1, 0.15) is 5.75 Å². The van der Waals surface area contributed by atoms with Crippen LogP contribution in [0.1, 0.15) is 6.92 Å². The molecule has 0 radical (unpaired) electrons. The molecule has 132 valence electrons. The summed E-state index contributed by atoms with van der Waals surface area (Å²) in [6.07, 6.45) is 2.87. The molecule has 6 heteroatoms. The van der Waals surface area contributed by atoms with E-state index in [1.54, 1.807) is 19.3 Å². The van der Waals surface area contributed by atoms with Gasteiger partial charge in [-0.05, 0) is 31.2 Å². The van der Waals surface area contributed by atoms with Crippen molar-refractivity contribution in [1.82, 2.24) is 9.88 Å². The molecule has 1 fully saturated rings. The van der Waals surface area contributed by atoms with Crippen molar-refractivity contribution < 1.29 is 14.3 Å². The molecule has 0 N–H and O–H groups in total. The van der Waals surface area contributed by atoms with Gasteiger partial charge in [0.05, 0.1) is 6.61 Å². The average Bonchev–Trinajstić information content (AvgIpc) is 2.68. The van der Waals surface area contributed by atoms with E-state index >= 15 is 0 Å². The van der Waals surface area contributed by atoms with Gasteiger partial charge < -0.3 is 14.4 Å². The number of hydrogen-bond acceptors (Lipinski definition) is 6. The number of carbonyl (C=O) groups is 1. The van der Waals surface area contributed by atoms with E-state index in [1.807, 2.05) is 47.4 Å². The normalized spacial score (nSPS) is 16.3. The first-order chi connectivity index (χ1) is 12.3. The molecule has 1 aromatic heterocycles. The third kappa shape index (κ3) is 4.48. The number of para-hydroxylation sites is 1. The Morgan fingerprint density at radius 3 is 2.40 bits per heavy atom. The molecule has 1 aliphatic heterocycles. The number of pyridine rings is 1. The quantitative estimate of drug-likeness (QED) is 0.751. The molecule has 6 nitrogen and oxygen atoms in total. The molecule has 1 atom stereocenters. The van der Waals surface area contributed by atoms with Gasteiger partial charge in [-0.2, -0.15) is 0 Å². The summed E-state index contributed by atoms with van der Waals surface area (Å²) in [5.74, 6) is 0.320. The van der Waals surface area contributed by atoms with Crippen LogP contribution in [0.2, 0.25) is 0 Å². The molecule has 1 aliphatic rings. The first-order valence-electron chi connectivity index (χ1n) is 8.55. The van der Waals surface area contributed by atoms with Crippen LogP contribution in [0.15, 0.2) is 54.9 Å². The van der Waals surface area contributed by atoms with Crippen LogP contribution in [-0.4, -0.2) is 54.9 Å². The standard InChI is InChI=1S/C19H23N3O3/c1-2-24-19(23)18(25-17-6-4-3-5-7-17)22-14-12-21(13-15-22)16-8-10-20-11-9-16/h3-11,18H,2,12-15H2,1H3. The molecule has 1 saturated heterocycles. The second-order valence-corrected chi connectivity index (χ2v) is 5.76. The van der Waals surface area contributed by atoms with Crippen LogP contribution < -0.4 is 9.64 Å². The fraction of sp³-hybridized carbons (Fsp3) is 0.368. The van der Waals surface area contributed by atoms with Crippen molar-refractivity contribution in [3.05, 3.63) is 54.9 Å². The fourth-order valence-corrected chi connectivity index (χ4v) is 2.88. The summed E-state index contributed by atoms with van der Waals surface area (Å²) in [6, 6.07) is 13.4. The van der Waals surface area contributed by atoms with Crippen molar-refractivity contribution >= 4 is 11.7 Å². The molecular formula is C19H23N3O3. The Morgan fingerprint density at radius 1 is 1.08 bits per heavy atom. The summed E-state index contributed by atoms with van der Waals surface area (Å²) in [5.41, 5.74) is 1.14. The third-order valence-electron chi connectivity index (χ3n) is 4.15. The van der Waals surface area contributed by atoms with Crippen molar-refractivity contribution in [2.75, 3.05) is 37.7 Å². The van der Waals surface area contributed by atoms with Gasteiger partial charge in [-0.1, -0.05) is 18.2 Å². The molecular weight excluding hydrogens is 318 g/mol. The van der Waals surface area contributed by atoms with Gasteiger partial charge >= 0.3 is 5.97 Å². The maximum atomic E-state index is 12.4. The van der Waals surface area contributed by atoms with E-state index in [0.29, 0.717) is 12.4 Å². The molecule has 2 heterocycles. The lowest BCUT2D eigenvalue weighted by Gasteiger charge is -2.38. The highest BCUT2D eigenvalue weighted by molar-refractivity contribution is 5.74. The van der Waals surface area contributed by atoms with Crippen molar-refractivity contribution in [3.63, 3.8) is 0 Å². The average molecular weight is 341 g/mol. The van der Waals surface area contributed by atoms with Crippen molar-refractivity contribution in [2.45, 2.75) is 13.2 Å². The molecule has 0 saturated carbocycles. The maximum absolute atomic E-state index is 12.4. The molecule has 3 rings (SSSR count). The zero-order valence-electron chi connectivity index (χ0n) is 14.4. The first kappa shape index (κ1) is 17.2. The van der Waals surface area contributed by atoms with Crippen LogP contribution in [0.4, 0.5) is 5.69 Å². The van der Waals surface area contributed by atoms with E-state index < -0.39 is 6.23 Å². The Labute approximate surface area is 148 Å². The van der Waals surface area contributed by atoms with Crippen LogP contribution in [0.25, 0.3) is 0 Å². The Morgan fingerprint density at radius 2 is 1.76 bits per heavy atom. The first-order valence-corrected chi connectivity index (χ1v) is 8.55. The number of hydrogen-bond donors (Lipinski definition) is 0. The highest BCUT2D eigenvalue weighted by Gasteiger charge is 2.32. The molecule has 0 spiro atoms. The zero-order valence-corrected chi connectivity index (χ0v) is 14.4. The molecule has 25 heavy (non-hydrogen) atoms. The number of ether oxygens (including phenoxy) is 2. The van der Waals surface area contributed by atoms with E-state index in [-0.39, 0.29) is 5.97 Å². The summed E-state index contributed by atoms with van der Waals surface area (Å²) in [6.45, 7) is 5.22. The predicted octanol–water partition coefficient (Wildman–Crippen LogP) is 2.17. The van der Waals surface area contributed by atoms with Crippen LogP contribution >= 0.6 is 0 Å². The number of esters is 1. The van der Waals surface area contributed by atoms with Gasteiger partial charge in [0, 0.05) is 44.3 Å². The Kier molecular flexibility index (Phi) is 5.85. The summed E-state index contributed by atoms with van der Waals surface area (Å²) in [5, 5.41) is 0. The highest BCUT2D eigenvalue weighted by Crippen LogP contribution is 2.19. The Hall–Kier alpha value is -2.60. The number of benzene rings is 1. The summed E-state index contributed by atoms with van der Waals surface area (Å²) in [7, 11) is 0. The third-order valence-corrected chi connectivity index (χ3v) is 4.15. The van der Waals surface area contributed by atoms with Gasteiger partial charge in [0.2, 0.25) is 0 Å². The summed E-state index contributed by atoms with van der Waals surface area (Å²) < 4.78 is 11.1. The number of aromatic nitrogens is 1. The van der Waals surface area contributed by atoms with Crippen LogP contribution in [0, 0.1) is 0 Å². The lowest BCUT2D eigenvalue weighted by atomic mass is 10.2. The van der Waals surface area contributed by atoms with Crippen LogP contribution in [0.5, 0.6) is 5.75 Å². The lowest BCUT2D eigenvalue weighted by Crippen LogP contribution is -2.55. The van der Waals surface area contributed by atoms with Gasteiger partial charge in [-0.3, -0.25) is 9.88 Å². The number of carbonyl (C=O) groups excluding carboxylic acids is 1. The topological polar surface area (TPSA) is 54.9 Å². The number of anilines is 1. The second-order valence-electron chi connectivity index (χ2n) is 5.76. The summed E-state index contributed by atoms with van der Waals surface area (Å²) >= 11 is 0. The lowest BCUT2D eigenvalue weighted by molar-refractivity contribution is -0.161. The molecule has 2 aromatic rings. The maximum Gasteiger partial charge on any atom is 0.363 e. The van der Waals surface area contributed by atoms with Crippen molar-refractivity contribution in [3.8, 4) is 5.75 Å². The zero-order chi connectivity index (χ0) is 17.5. The second kappa shape index (κ2) is 8.48. The molecule has 1 unspecified atom stereocenters. The predicted molar refractivity (Wildman–Crippen MR) is 95.5 cm³/mol. The fourth-order valence-electron chi connectivity index (χ4n) is 2.88. The Bertz CT molecular complexity index is 658. The van der Waals surface area contributed by atoms with E-state index in [2.05, 4.69) is 9.88 Å². The van der Waals surface area contributed by atoms with E-state index in [4.69, 9.17) is 9.47 Å². The minimum absolute atomic E-state index is 0.338. The SMILES string of the molecule is CCOC(=O)C(Oc1ccccc1)N1CCN(c2ccncc2)CC1. The van der Waals surface area contributed by atoms with E-state index in [1.165, 1.54) is 0 Å². The van der Waals surface area contributed by atoms with Gasteiger partial charge in [0.15, 0.2) is 0 Å². The number of rotatable bonds is 6. The molecule has 1 aromatic carbocycles. The van der Waals surface area contributed by atoms with Gasteiger partial charge in [-0.15, -0.1) is 0 Å². The van der Waals surface area contributed by atoms with Crippen LogP contribution in [-0.2, 0) is 9.53 Å².